The first-order valence-electron chi connectivity index (χ1n) is 6.55. The maximum absolute atomic E-state index is 11.2. The standard InChI is InChI=1S/C14H15N3O4/c1-2-21-14(18)7-8-15-13-6-3-10-9-11(17(19)20)4-5-12(10)16-13/h3-6,9H,2,7-8H2,1H3,(H,15,16). The third-order valence-corrected chi connectivity index (χ3v) is 2.82. The number of carbonyl (C=O) groups excluding carboxylic acids is 1. The van der Waals surface area contributed by atoms with Crippen molar-refractivity contribution < 1.29 is 14.5 Å². The molecule has 2 rings (SSSR count). The van der Waals surface area contributed by atoms with Crippen molar-refractivity contribution in [1.82, 2.24) is 4.98 Å². The second kappa shape index (κ2) is 6.65. The summed E-state index contributed by atoms with van der Waals surface area (Å²) in [6.07, 6.45) is 0.258. The molecular weight excluding hydrogens is 274 g/mol. The molecule has 1 heterocycles. The molecule has 110 valence electrons. The van der Waals surface area contributed by atoms with Crippen molar-refractivity contribution in [3.8, 4) is 0 Å². The smallest absolute Gasteiger partial charge is 0.307 e. The minimum Gasteiger partial charge on any atom is -0.466 e. The van der Waals surface area contributed by atoms with Crippen molar-refractivity contribution >= 4 is 28.4 Å². The summed E-state index contributed by atoms with van der Waals surface area (Å²) in [6.45, 7) is 2.55. The summed E-state index contributed by atoms with van der Waals surface area (Å²) in [6, 6.07) is 7.96. The summed E-state index contributed by atoms with van der Waals surface area (Å²) < 4.78 is 4.82. The van der Waals surface area contributed by atoms with E-state index in [1.54, 1.807) is 25.1 Å². The van der Waals surface area contributed by atoms with E-state index in [9.17, 15) is 14.9 Å². The molecule has 2 aromatic rings. The number of nitro groups is 1. The quantitative estimate of drug-likeness (QED) is 0.499. The maximum Gasteiger partial charge on any atom is 0.307 e. The van der Waals surface area contributed by atoms with E-state index in [0.29, 0.717) is 29.9 Å². The van der Waals surface area contributed by atoms with Gasteiger partial charge in [0.1, 0.15) is 5.82 Å². The molecule has 0 radical (unpaired) electrons. The predicted molar refractivity (Wildman–Crippen MR) is 78.1 cm³/mol. The Labute approximate surface area is 121 Å². The molecule has 0 spiro atoms. The van der Waals surface area contributed by atoms with Gasteiger partial charge in [-0.1, -0.05) is 0 Å². The van der Waals surface area contributed by atoms with E-state index in [4.69, 9.17) is 4.74 Å². The van der Waals surface area contributed by atoms with Crippen LogP contribution in [0.2, 0.25) is 0 Å². The van der Waals surface area contributed by atoms with E-state index in [-0.39, 0.29) is 18.1 Å². The molecule has 0 amide bonds. The van der Waals surface area contributed by atoms with Crippen molar-refractivity contribution in [1.29, 1.82) is 0 Å². The predicted octanol–water partition coefficient (Wildman–Crippen LogP) is 2.51. The van der Waals surface area contributed by atoms with Crippen LogP contribution in [0.1, 0.15) is 13.3 Å². The van der Waals surface area contributed by atoms with Gasteiger partial charge in [-0.3, -0.25) is 14.9 Å². The van der Waals surface area contributed by atoms with Gasteiger partial charge in [0, 0.05) is 24.1 Å². The molecule has 1 aromatic carbocycles. The third-order valence-electron chi connectivity index (χ3n) is 2.82. The summed E-state index contributed by atoms with van der Waals surface area (Å²) in [7, 11) is 0. The first-order valence-corrected chi connectivity index (χ1v) is 6.55. The Kier molecular flexibility index (Phi) is 4.65. The first-order chi connectivity index (χ1) is 10.1. The number of pyridine rings is 1. The molecule has 0 fully saturated rings. The van der Waals surface area contributed by atoms with E-state index >= 15 is 0 Å². The lowest BCUT2D eigenvalue weighted by Crippen LogP contribution is -2.11. The fraction of sp³-hybridized carbons (Fsp3) is 0.286. The molecule has 1 aromatic heterocycles. The van der Waals surface area contributed by atoms with Crippen molar-refractivity contribution in [2.45, 2.75) is 13.3 Å². The number of nitrogens with zero attached hydrogens (tertiary/aromatic N) is 2. The summed E-state index contributed by atoms with van der Waals surface area (Å²) in [5, 5.41) is 14.4. The van der Waals surface area contributed by atoms with Crippen molar-refractivity contribution in [3.63, 3.8) is 0 Å². The van der Waals surface area contributed by atoms with Crippen LogP contribution < -0.4 is 5.32 Å². The van der Waals surface area contributed by atoms with Crippen molar-refractivity contribution in [2.24, 2.45) is 0 Å². The third kappa shape index (κ3) is 3.88. The van der Waals surface area contributed by atoms with Gasteiger partial charge in [-0.2, -0.15) is 0 Å². The average Bonchev–Trinajstić information content (AvgIpc) is 2.46. The Hall–Kier alpha value is -2.70. The van der Waals surface area contributed by atoms with Crippen LogP contribution in [0.5, 0.6) is 0 Å². The highest BCUT2D eigenvalue weighted by atomic mass is 16.6. The zero-order chi connectivity index (χ0) is 15.2. The number of benzene rings is 1. The van der Waals surface area contributed by atoms with Crippen LogP contribution in [0.25, 0.3) is 10.9 Å². The molecular formula is C14H15N3O4. The number of rotatable bonds is 6. The molecule has 1 N–H and O–H groups in total. The summed E-state index contributed by atoms with van der Waals surface area (Å²) in [4.78, 5) is 25.8. The fourth-order valence-corrected chi connectivity index (χ4v) is 1.85. The number of hydrogen-bond donors (Lipinski definition) is 1. The number of esters is 1. The van der Waals surface area contributed by atoms with E-state index in [0.717, 1.165) is 0 Å². The van der Waals surface area contributed by atoms with Gasteiger partial charge in [-0.25, -0.2) is 4.98 Å². The minimum atomic E-state index is -0.440. The van der Waals surface area contributed by atoms with Gasteiger partial charge in [-0.15, -0.1) is 0 Å². The van der Waals surface area contributed by atoms with Gasteiger partial charge >= 0.3 is 5.97 Å². The van der Waals surface area contributed by atoms with Crippen molar-refractivity contribution in [2.75, 3.05) is 18.5 Å². The van der Waals surface area contributed by atoms with Crippen LogP contribution in [0.15, 0.2) is 30.3 Å². The lowest BCUT2D eigenvalue weighted by molar-refractivity contribution is -0.384. The lowest BCUT2D eigenvalue weighted by atomic mass is 10.2. The molecule has 21 heavy (non-hydrogen) atoms. The number of carbonyl (C=O) groups is 1. The number of fused-ring (bicyclic) bond motifs is 1. The molecule has 0 aliphatic rings. The van der Waals surface area contributed by atoms with Crippen LogP contribution in [0, 0.1) is 10.1 Å². The van der Waals surface area contributed by atoms with Crippen molar-refractivity contribution in [3.05, 3.63) is 40.4 Å². The number of ether oxygens (including phenoxy) is 1. The van der Waals surface area contributed by atoms with Crippen LogP contribution in [0.3, 0.4) is 0 Å². The normalized spacial score (nSPS) is 10.3. The number of anilines is 1. The van der Waals surface area contributed by atoms with Gasteiger partial charge in [0.25, 0.3) is 5.69 Å². The molecule has 0 atom stereocenters. The summed E-state index contributed by atoms with van der Waals surface area (Å²) in [5.74, 6) is 0.349. The number of non-ortho nitro benzene ring substituents is 1. The van der Waals surface area contributed by atoms with Gasteiger partial charge in [0.15, 0.2) is 0 Å². The molecule has 0 bridgehead atoms. The lowest BCUT2D eigenvalue weighted by Gasteiger charge is -2.06. The second-order valence-electron chi connectivity index (χ2n) is 4.31. The number of aromatic nitrogens is 1. The Morgan fingerprint density at radius 1 is 1.38 bits per heavy atom. The molecule has 7 heteroatoms. The first kappa shape index (κ1) is 14.7. The summed E-state index contributed by atoms with van der Waals surface area (Å²) in [5.41, 5.74) is 0.689. The highest BCUT2D eigenvalue weighted by Gasteiger charge is 2.07. The van der Waals surface area contributed by atoms with Gasteiger partial charge in [0.05, 0.1) is 23.5 Å². The van der Waals surface area contributed by atoms with Crippen LogP contribution in [0.4, 0.5) is 11.5 Å². The van der Waals surface area contributed by atoms with E-state index in [1.165, 1.54) is 12.1 Å². The topological polar surface area (TPSA) is 94.4 Å². The highest BCUT2D eigenvalue weighted by Crippen LogP contribution is 2.20. The highest BCUT2D eigenvalue weighted by molar-refractivity contribution is 5.82. The maximum atomic E-state index is 11.2. The SMILES string of the molecule is CCOC(=O)CCNc1ccc2cc([N+](=O)[O-])ccc2n1. The zero-order valence-electron chi connectivity index (χ0n) is 11.5. The second-order valence-corrected chi connectivity index (χ2v) is 4.31. The number of nitrogens with one attached hydrogen (secondary N) is 1. The Balaban J connectivity index is 2.04. The monoisotopic (exact) mass is 289 g/mol. The molecule has 0 aliphatic heterocycles. The number of hydrogen-bond acceptors (Lipinski definition) is 6. The minimum absolute atomic E-state index is 0.0346. The molecule has 0 saturated carbocycles. The molecule has 7 nitrogen and oxygen atoms in total. The van der Waals surface area contributed by atoms with Crippen LogP contribution in [-0.4, -0.2) is 29.0 Å². The molecule has 0 unspecified atom stereocenters. The number of nitro benzene ring substituents is 1. The zero-order valence-corrected chi connectivity index (χ0v) is 11.5. The van der Waals surface area contributed by atoms with E-state index in [2.05, 4.69) is 10.3 Å². The average molecular weight is 289 g/mol. The summed E-state index contributed by atoms with van der Waals surface area (Å²) >= 11 is 0. The van der Waals surface area contributed by atoms with Gasteiger partial charge < -0.3 is 10.1 Å². The largest absolute Gasteiger partial charge is 0.466 e. The molecule has 0 saturated heterocycles. The molecule has 0 aliphatic carbocycles. The van der Waals surface area contributed by atoms with Crippen LogP contribution in [-0.2, 0) is 9.53 Å². The Bertz CT molecular complexity index is 672. The van der Waals surface area contributed by atoms with Crippen LogP contribution >= 0.6 is 0 Å². The Morgan fingerprint density at radius 2 is 2.19 bits per heavy atom. The van der Waals surface area contributed by atoms with Gasteiger partial charge in [-0.05, 0) is 25.1 Å². The van der Waals surface area contributed by atoms with E-state index < -0.39 is 4.92 Å². The van der Waals surface area contributed by atoms with E-state index in [1.807, 2.05) is 0 Å². The van der Waals surface area contributed by atoms with Gasteiger partial charge in [0.2, 0.25) is 0 Å². The fourth-order valence-electron chi connectivity index (χ4n) is 1.85. The Morgan fingerprint density at radius 3 is 2.90 bits per heavy atom.